The summed E-state index contributed by atoms with van der Waals surface area (Å²) < 4.78 is 12.4. The van der Waals surface area contributed by atoms with E-state index in [4.69, 9.17) is 9.47 Å². The third-order valence-corrected chi connectivity index (χ3v) is 6.48. The Morgan fingerprint density at radius 1 is 0.969 bits per heavy atom. The molecule has 3 aliphatic rings. The number of benzene rings is 2. The number of hydrogen-bond donors (Lipinski definition) is 1. The van der Waals surface area contributed by atoms with E-state index in [-0.39, 0.29) is 30.4 Å². The van der Waals surface area contributed by atoms with Crippen LogP contribution in [-0.4, -0.2) is 40.9 Å². The molecule has 1 saturated heterocycles. The smallest absolute Gasteiger partial charge is 0.255 e. The Hall–Kier alpha value is -3.19. The van der Waals surface area contributed by atoms with Crippen molar-refractivity contribution in [2.45, 2.75) is 63.5 Å². The van der Waals surface area contributed by atoms with Gasteiger partial charge in [-0.3, -0.25) is 19.7 Å². The molecule has 2 heterocycles. The Bertz CT molecular complexity index is 1040. The van der Waals surface area contributed by atoms with Crippen LogP contribution in [0, 0.1) is 0 Å². The maximum absolute atomic E-state index is 12.9. The molecule has 2 aliphatic heterocycles. The van der Waals surface area contributed by atoms with Gasteiger partial charge < -0.3 is 14.4 Å². The van der Waals surface area contributed by atoms with Gasteiger partial charge in [-0.05, 0) is 55.0 Å². The topological polar surface area (TPSA) is 84.9 Å². The zero-order valence-electron chi connectivity index (χ0n) is 17.8. The highest BCUT2D eigenvalue weighted by Crippen LogP contribution is 2.33. The summed E-state index contributed by atoms with van der Waals surface area (Å²) in [7, 11) is 0. The molecule has 2 aromatic rings. The minimum absolute atomic E-state index is 0.0277. The van der Waals surface area contributed by atoms with Crippen LogP contribution in [0.15, 0.2) is 48.5 Å². The monoisotopic (exact) mass is 434 g/mol. The molecule has 0 spiro atoms. The van der Waals surface area contributed by atoms with E-state index in [1.165, 1.54) is 0 Å². The SMILES string of the molecule is O=C1CCC(N2Cc3cc(O[C@H]4CCC[C@@H]4OCc4ccccc4)ccc3C2=O)C(=O)N1. The van der Waals surface area contributed by atoms with E-state index in [0.717, 1.165) is 30.4 Å². The predicted octanol–water partition coefficient (Wildman–Crippen LogP) is 2.96. The molecule has 0 bridgehead atoms. The van der Waals surface area contributed by atoms with Gasteiger partial charge in [0.25, 0.3) is 5.91 Å². The van der Waals surface area contributed by atoms with Gasteiger partial charge in [0.2, 0.25) is 11.8 Å². The highest BCUT2D eigenvalue weighted by atomic mass is 16.5. The summed E-state index contributed by atoms with van der Waals surface area (Å²) >= 11 is 0. The first-order valence-electron chi connectivity index (χ1n) is 11.2. The maximum atomic E-state index is 12.9. The van der Waals surface area contributed by atoms with E-state index in [9.17, 15) is 14.4 Å². The van der Waals surface area contributed by atoms with Crippen LogP contribution in [0.3, 0.4) is 0 Å². The quantitative estimate of drug-likeness (QED) is 0.707. The molecule has 0 aromatic heterocycles. The van der Waals surface area contributed by atoms with Gasteiger partial charge in [-0.25, -0.2) is 0 Å². The van der Waals surface area contributed by atoms with E-state index in [1.807, 2.05) is 30.3 Å². The van der Waals surface area contributed by atoms with E-state index in [1.54, 1.807) is 11.0 Å². The lowest BCUT2D eigenvalue weighted by Crippen LogP contribution is -2.52. The highest BCUT2D eigenvalue weighted by molar-refractivity contribution is 6.05. The zero-order valence-corrected chi connectivity index (χ0v) is 17.8. The number of ether oxygens (including phenoxy) is 2. The van der Waals surface area contributed by atoms with Crippen LogP contribution in [0.5, 0.6) is 5.75 Å². The summed E-state index contributed by atoms with van der Waals surface area (Å²) in [5, 5.41) is 2.33. The molecule has 1 N–H and O–H groups in total. The van der Waals surface area contributed by atoms with E-state index >= 15 is 0 Å². The van der Waals surface area contributed by atoms with Crippen molar-refractivity contribution in [2.75, 3.05) is 0 Å². The molecule has 2 fully saturated rings. The minimum atomic E-state index is -0.609. The zero-order chi connectivity index (χ0) is 22.1. The van der Waals surface area contributed by atoms with E-state index < -0.39 is 11.9 Å². The number of hydrogen-bond acceptors (Lipinski definition) is 5. The van der Waals surface area contributed by atoms with Crippen molar-refractivity contribution in [3.8, 4) is 5.75 Å². The second-order valence-electron chi connectivity index (χ2n) is 8.64. The van der Waals surface area contributed by atoms with Crippen molar-refractivity contribution in [3.05, 3.63) is 65.2 Å². The summed E-state index contributed by atoms with van der Waals surface area (Å²) in [6, 6.07) is 15.0. The average Bonchev–Trinajstić information content (AvgIpc) is 3.37. The lowest BCUT2D eigenvalue weighted by atomic mass is 10.0. The number of fused-ring (bicyclic) bond motifs is 1. The molecule has 1 aliphatic carbocycles. The Morgan fingerprint density at radius 3 is 2.59 bits per heavy atom. The van der Waals surface area contributed by atoms with E-state index in [0.29, 0.717) is 30.9 Å². The molecule has 0 radical (unpaired) electrons. The first-order valence-corrected chi connectivity index (χ1v) is 11.2. The normalized spacial score (nSPS) is 25.1. The highest BCUT2D eigenvalue weighted by Gasteiger charge is 2.39. The van der Waals surface area contributed by atoms with Crippen LogP contribution in [0.2, 0.25) is 0 Å². The van der Waals surface area contributed by atoms with Gasteiger partial charge in [-0.2, -0.15) is 0 Å². The number of rotatable bonds is 6. The Morgan fingerprint density at radius 2 is 1.78 bits per heavy atom. The maximum Gasteiger partial charge on any atom is 0.255 e. The number of nitrogens with zero attached hydrogens (tertiary/aromatic N) is 1. The molecule has 1 saturated carbocycles. The molecular weight excluding hydrogens is 408 g/mol. The van der Waals surface area contributed by atoms with Crippen LogP contribution < -0.4 is 10.1 Å². The standard InChI is InChI=1S/C25H26N2O5/c28-23-12-11-20(24(29)26-23)27-14-17-13-18(9-10-19(17)25(27)30)32-22-8-4-7-21(22)31-15-16-5-2-1-3-6-16/h1-3,5-6,9-10,13,20-22H,4,7-8,11-12,14-15H2,(H,26,28,29)/t20?,21-,22-/m0/s1. The lowest BCUT2D eigenvalue weighted by molar-refractivity contribution is -0.136. The third kappa shape index (κ3) is 4.12. The first kappa shape index (κ1) is 20.7. The largest absolute Gasteiger partial charge is 0.488 e. The van der Waals surface area contributed by atoms with Gasteiger partial charge in [-0.15, -0.1) is 0 Å². The summed E-state index contributed by atoms with van der Waals surface area (Å²) in [5.41, 5.74) is 2.57. The van der Waals surface area contributed by atoms with Crippen LogP contribution in [-0.2, 0) is 27.5 Å². The fourth-order valence-corrected chi connectivity index (χ4v) is 4.79. The Balaban J connectivity index is 1.24. The van der Waals surface area contributed by atoms with Gasteiger partial charge in [0.15, 0.2) is 0 Å². The Labute approximate surface area is 186 Å². The first-order chi connectivity index (χ1) is 15.6. The van der Waals surface area contributed by atoms with Gasteiger partial charge in [0.05, 0.1) is 12.7 Å². The lowest BCUT2D eigenvalue weighted by Gasteiger charge is -2.29. The van der Waals surface area contributed by atoms with Crippen LogP contribution >= 0.6 is 0 Å². The molecule has 3 atom stereocenters. The van der Waals surface area contributed by atoms with Crippen molar-refractivity contribution in [2.24, 2.45) is 0 Å². The molecule has 166 valence electrons. The molecular formula is C25H26N2O5. The fraction of sp³-hybridized carbons (Fsp3) is 0.400. The number of carbonyl (C=O) groups excluding carboxylic acids is 3. The van der Waals surface area contributed by atoms with Crippen LogP contribution in [0.25, 0.3) is 0 Å². The molecule has 7 heteroatoms. The number of piperidine rings is 1. The molecule has 2 aromatic carbocycles. The van der Waals surface area contributed by atoms with Crippen molar-refractivity contribution in [3.63, 3.8) is 0 Å². The summed E-state index contributed by atoms with van der Waals surface area (Å²) in [6.45, 7) is 0.904. The van der Waals surface area contributed by atoms with Gasteiger partial charge >= 0.3 is 0 Å². The molecule has 7 nitrogen and oxygen atoms in total. The molecule has 32 heavy (non-hydrogen) atoms. The van der Waals surface area contributed by atoms with Crippen LogP contribution in [0.4, 0.5) is 0 Å². The van der Waals surface area contributed by atoms with Crippen molar-refractivity contribution in [1.29, 1.82) is 0 Å². The fourth-order valence-electron chi connectivity index (χ4n) is 4.79. The van der Waals surface area contributed by atoms with Gasteiger partial charge in [0.1, 0.15) is 17.9 Å². The number of nitrogens with one attached hydrogen (secondary N) is 1. The molecule has 1 unspecified atom stereocenters. The van der Waals surface area contributed by atoms with Gasteiger partial charge in [-0.1, -0.05) is 30.3 Å². The Kier molecular flexibility index (Phi) is 5.66. The summed E-state index contributed by atoms with van der Waals surface area (Å²) in [4.78, 5) is 38.1. The summed E-state index contributed by atoms with van der Waals surface area (Å²) in [6.07, 6.45) is 3.55. The second kappa shape index (κ2) is 8.74. The number of imide groups is 1. The van der Waals surface area contributed by atoms with Crippen molar-refractivity contribution >= 4 is 17.7 Å². The number of carbonyl (C=O) groups is 3. The van der Waals surface area contributed by atoms with Gasteiger partial charge in [0, 0.05) is 18.5 Å². The average molecular weight is 434 g/mol. The minimum Gasteiger partial charge on any atom is -0.488 e. The van der Waals surface area contributed by atoms with Crippen LogP contribution in [0.1, 0.15) is 53.6 Å². The van der Waals surface area contributed by atoms with Crippen molar-refractivity contribution < 1.29 is 23.9 Å². The van der Waals surface area contributed by atoms with E-state index in [2.05, 4.69) is 17.4 Å². The second-order valence-corrected chi connectivity index (χ2v) is 8.64. The summed E-state index contributed by atoms with van der Waals surface area (Å²) in [5.74, 6) is -0.150. The number of amides is 3. The third-order valence-electron chi connectivity index (χ3n) is 6.48. The predicted molar refractivity (Wildman–Crippen MR) is 116 cm³/mol. The van der Waals surface area contributed by atoms with Crippen molar-refractivity contribution in [1.82, 2.24) is 10.2 Å². The molecule has 5 rings (SSSR count). The molecule has 3 amide bonds.